The Labute approximate surface area is 114 Å². The molecule has 0 saturated heterocycles. The molecule has 0 aliphatic heterocycles. The maximum absolute atomic E-state index is 12.3. The number of hydrogen-bond acceptors (Lipinski definition) is 3. The molecule has 96 valence electrons. The molecule has 0 unspecified atom stereocenters. The van der Waals surface area contributed by atoms with E-state index in [-0.39, 0.29) is 5.56 Å². The summed E-state index contributed by atoms with van der Waals surface area (Å²) in [6.45, 7) is 2.25. The molecule has 0 atom stereocenters. The highest BCUT2D eigenvalue weighted by atomic mass is 35.5. The molecule has 3 aromatic heterocycles. The standard InChI is InChI=1S/C13H11ClN4O/c1-9-6-12-13(19)17(4-5-18(12)16-9)8-11-7-10(14)2-3-15-11/h2-7H,8H2,1H3. The van der Waals surface area contributed by atoms with Crippen molar-refractivity contribution in [2.24, 2.45) is 0 Å². The molecule has 0 bridgehead atoms. The van der Waals surface area contributed by atoms with E-state index in [4.69, 9.17) is 11.6 Å². The highest BCUT2D eigenvalue weighted by molar-refractivity contribution is 6.30. The average Bonchev–Trinajstić information content (AvgIpc) is 2.75. The molecule has 3 rings (SSSR count). The maximum Gasteiger partial charge on any atom is 0.276 e. The van der Waals surface area contributed by atoms with Crippen LogP contribution in [0.2, 0.25) is 5.02 Å². The molecule has 3 heterocycles. The summed E-state index contributed by atoms with van der Waals surface area (Å²) >= 11 is 5.91. The molecule has 0 N–H and O–H groups in total. The van der Waals surface area contributed by atoms with E-state index in [9.17, 15) is 4.79 Å². The van der Waals surface area contributed by atoms with Crippen LogP contribution in [0.25, 0.3) is 5.52 Å². The highest BCUT2D eigenvalue weighted by Crippen LogP contribution is 2.09. The number of nitrogens with zero attached hydrogens (tertiary/aromatic N) is 4. The number of halogens is 1. The summed E-state index contributed by atoms with van der Waals surface area (Å²) in [4.78, 5) is 16.5. The quantitative estimate of drug-likeness (QED) is 0.717. The zero-order chi connectivity index (χ0) is 13.4. The Hall–Kier alpha value is -2.14. The van der Waals surface area contributed by atoms with Crippen LogP contribution in [0.15, 0.2) is 41.6 Å². The second-order valence-corrected chi connectivity index (χ2v) is 4.75. The van der Waals surface area contributed by atoms with Crippen molar-refractivity contribution in [1.82, 2.24) is 19.2 Å². The number of rotatable bonds is 2. The van der Waals surface area contributed by atoms with E-state index in [1.807, 2.05) is 6.92 Å². The minimum atomic E-state index is -0.0927. The molecular formula is C13H11ClN4O. The monoisotopic (exact) mass is 274 g/mol. The summed E-state index contributed by atoms with van der Waals surface area (Å²) in [6.07, 6.45) is 5.09. The van der Waals surface area contributed by atoms with E-state index in [1.165, 1.54) is 0 Å². The summed E-state index contributed by atoms with van der Waals surface area (Å²) in [7, 11) is 0. The molecule has 5 nitrogen and oxygen atoms in total. The Morgan fingerprint density at radius 1 is 1.32 bits per heavy atom. The van der Waals surface area contributed by atoms with Crippen molar-refractivity contribution in [2.45, 2.75) is 13.5 Å². The third kappa shape index (κ3) is 2.24. The normalized spacial score (nSPS) is 11.1. The van der Waals surface area contributed by atoms with Gasteiger partial charge in [-0.25, -0.2) is 4.52 Å². The fourth-order valence-electron chi connectivity index (χ4n) is 1.98. The molecule has 0 aliphatic rings. The first kappa shape index (κ1) is 11.9. The minimum absolute atomic E-state index is 0.0927. The van der Waals surface area contributed by atoms with E-state index in [2.05, 4.69) is 10.1 Å². The Balaban J connectivity index is 2.06. The van der Waals surface area contributed by atoms with Gasteiger partial charge in [0.1, 0.15) is 5.52 Å². The molecule has 0 amide bonds. The third-order valence-corrected chi connectivity index (χ3v) is 3.07. The van der Waals surface area contributed by atoms with Gasteiger partial charge in [-0.1, -0.05) is 11.6 Å². The van der Waals surface area contributed by atoms with E-state index < -0.39 is 0 Å². The van der Waals surface area contributed by atoms with Crippen LogP contribution in [0.3, 0.4) is 0 Å². The number of pyridine rings is 1. The van der Waals surface area contributed by atoms with Gasteiger partial charge < -0.3 is 4.57 Å². The van der Waals surface area contributed by atoms with Crippen LogP contribution in [0, 0.1) is 6.92 Å². The summed E-state index contributed by atoms with van der Waals surface area (Å²) in [6, 6.07) is 5.22. The van der Waals surface area contributed by atoms with Gasteiger partial charge in [0.25, 0.3) is 5.56 Å². The lowest BCUT2D eigenvalue weighted by Crippen LogP contribution is -2.22. The summed E-state index contributed by atoms with van der Waals surface area (Å²) in [5.41, 5.74) is 2.03. The van der Waals surface area contributed by atoms with Crippen molar-refractivity contribution < 1.29 is 0 Å². The van der Waals surface area contributed by atoms with Crippen LogP contribution >= 0.6 is 11.6 Å². The molecule has 19 heavy (non-hydrogen) atoms. The summed E-state index contributed by atoms with van der Waals surface area (Å²) in [5, 5.41) is 4.81. The molecule has 0 saturated carbocycles. The van der Waals surface area contributed by atoms with Gasteiger partial charge in [0.05, 0.1) is 17.9 Å². The van der Waals surface area contributed by atoms with E-state index in [1.54, 1.807) is 45.9 Å². The van der Waals surface area contributed by atoms with Gasteiger partial charge in [-0.15, -0.1) is 0 Å². The number of aryl methyl sites for hydroxylation is 1. The van der Waals surface area contributed by atoms with Crippen molar-refractivity contribution in [2.75, 3.05) is 0 Å². The smallest absolute Gasteiger partial charge is 0.276 e. The van der Waals surface area contributed by atoms with Crippen LogP contribution in [0.4, 0.5) is 0 Å². The average molecular weight is 275 g/mol. The van der Waals surface area contributed by atoms with Crippen LogP contribution in [0.1, 0.15) is 11.4 Å². The van der Waals surface area contributed by atoms with Crippen LogP contribution in [0.5, 0.6) is 0 Å². The number of fused-ring (bicyclic) bond motifs is 1. The Morgan fingerprint density at radius 3 is 2.95 bits per heavy atom. The molecule has 0 radical (unpaired) electrons. The van der Waals surface area contributed by atoms with Gasteiger partial charge >= 0.3 is 0 Å². The highest BCUT2D eigenvalue weighted by Gasteiger charge is 2.06. The first-order valence-corrected chi connectivity index (χ1v) is 6.17. The second kappa shape index (κ2) is 4.51. The number of aromatic nitrogens is 4. The first-order chi connectivity index (χ1) is 9.13. The molecule has 3 aromatic rings. The van der Waals surface area contributed by atoms with Crippen molar-refractivity contribution in [1.29, 1.82) is 0 Å². The predicted molar refractivity (Wildman–Crippen MR) is 72.5 cm³/mol. The molecule has 0 aliphatic carbocycles. The van der Waals surface area contributed by atoms with Gasteiger partial charge in [-0.3, -0.25) is 9.78 Å². The third-order valence-electron chi connectivity index (χ3n) is 2.84. The molecular weight excluding hydrogens is 264 g/mol. The van der Waals surface area contributed by atoms with E-state index in [0.29, 0.717) is 17.1 Å². The lowest BCUT2D eigenvalue weighted by Gasteiger charge is -2.05. The Bertz CT molecular complexity index is 806. The van der Waals surface area contributed by atoms with Gasteiger partial charge in [0, 0.05) is 23.6 Å². The molecule has 0 aromatic carbocycles. The van der Waals surface area contributed by atoms with Crippen LogP contribution < -0.4 is 5.56 Å². The van der Waals surface area contributed by atoms with Crippen molar-refractivity contribution in [3.05, 3.63) is 63.6 Å². The molecule has 0 spiro atoms. The first-order valence-electron chi connectivity index (χ1n) is 5.79. The molecule has 0 fully saturated rings. The van der Waals surface area contributed by atoms with Crippen LogP contribution in [-0.4, -0.2) is 19.2 Å². The fraction of sp³-hybridized carbons (Fsp3) is 0.154. The summed E-state index contributed by atoms with van der Waals surface area (Å²) in [5.74, 6) is 0. The molecule has 6 heteroatoms. The van der Waals surface area contributed by atoms with Crippen molar-refractivity contribution in [3.8, 4) is 0 Å². The number of hydrogen-bond donors (Lipinski definition) is 0. The zero-order valence-electron chi connectivity index (χ0n) is 10.2. The largest absolute Gasteiger partial charge is 0.306 e. The van der Waals surface area contributed by atoms with Gasteiger partial charge in [0.2, 0.25) is 0 Å². The Morgan fingerprint density at radius 2 is 2.16 bits per heavy atom. The summed E-state index contributed by atoms with van der Waals surface area (Å²) < 4.78 is 3.18. The fourth-order valence-corrected chi connectivity index (χ4v) is 2.17. The zero-order valence-corrected chi connectivity index (χ0v) is 11.0. The van der Waals surface area contributed by atoms with Crippen molar-refractivity contribution >= 4 is 17.1 Å². The predicted octanol–water partition coefficient (Wildman–Crippen LogP) is 1.90. The topological polar surface area (TPSA) is 52.2 Å². The minimum Gasteiger partial charge on any atom is -0.306 e. The Kier molecular flexibility index (Phi) is 2.83. The van der Waals surface area contributed by atoms with Crippen molar-refractivity contribution in [3.63, 3.8) is 0 Å². The van der Waals surface area contributed by atoms with E-state index >= 15 is 0 Å². The van der Waals surface area contributed by atoms with E-state index in [0.717, 1.165) is 11.4 Å². The van der Waals surface area contributed by atoms with Crippen LogP contribution in [-0.2, 0) is 6.54 Å². The lowest BCUT2D eigenvalue weighted by molar-refractivity contribution is 0.725. The van der Waals surface area contributed by atoms with Gasteiger partial charge in [0.15, 0.2) is 0 Å². The SMILES string of the molecule is Cc1cc2c(=O)n(Cc3cc(Cl)ccn3)ccn2n1. The lowest BCUT2D eigenvalue weighted by atomic mass is 10.3. The maximum atomic E-state index is 12.3. The van der Waals surface area contributed by atoms with Gasteiger partial charge in [-0.05, 0) is 25.1 Å². The van der Waals surface area contributed by atoms with Gasteiger partial charge in [-0.2, -0.15) is 5.10 Å². The second-order valence-electron chi connectivity index (χ2n) is 4.31.